The highest BCUT2D eigenvalue weighted by atomic mass is 16.4. The van der Waals surface area contributed by atoms with Gasteiger partial charge in [-0.05, 0) is 42.5 Å². The lowest BCUT2D eigenvalue weighted by Crippen LogP contribution is -2.54. The molecular formula is C25H34N6O7. The number of rotatable bonds is 12. The summed E-state index contributed by atoms with van der Waals surface area (Å²) >= 11 is 0. The van der Waals surface area contributed by atoms with Gasteiger partial charge in [-0.1, -0.05) is 26.0 Å². The Morgan fingerprint density at radius 2 is 1.76 bits per heavy atom. The molecule has 1 heterocycles. The van der Waals surface area contributed by atoms with Gasteiger partial charge in [-0.15, -0.1) is 0 Å². The third-order valence-electron chi connectivity index (χ3n) is 5.91. The lowest BCUT2D eigenvalue weighted by atomic mass is 10.0. The van der Waals surface area contributed by atoms with Crippen molar-refractivity contribution in [3.05, 3.63) is 35.9 Å². The van der Waals surface area contributed by atoms with Crippen molar-refractivity contribution < 1.29 is 34.2 Å². The van der Waals surface area contributed by atoms with E-state index >= 15 is 0 Å². The van der Waals surface area contributed by atoms with Gasteiger partial charge >= 0.3 is 11.9 Å². The maximum absolute atomic E-state index is 12.8. The molecule has 1 aliphatic heterocycles. The predicted molar refractivity (Wildman–Crippen MR) is 139 cm³/mol. The molecule has 0 saturated carbocycles. The molecule has 13 nitrogen and oxygen atoms in total. The number of carbonyl (C=O) groups excluding carboxylic acids is 3. The van der Waals surface area contributed by atoms with Crippen molar-refractivity contribution in [2.24, 2.45) is 22.4 Å². The van der Waals surface area contributed by atoms with E-state index in [0.29, 0.717) is 25.1 Å². The van der Waals surface area contributed by atoms with Crippen LogP contribution in [0.2, 0.25) is 0 Å². The number of benzene rings is 1. The molecule has 206 valence electrons. The zero-order valence-corrected chi connectivity index (χ0v) is 21.3. The van der Waals surface area contributed by atoms with Crippen LogP contribution >= 0.6 is 0 Å². The van der Waals surface area contributed by atoms with Gasteiger partial charge in [0.25, 0.3) is 0 Å². The van der Waals surface area contributed by atoms with Gasteiger partial charge < -0.3 is 37.2 Å². The lowest BCUT2D eigenvalue weighted by molar-refractivity contribution is -0.144. The molecule has 38 heavy (non-hydrogen) atoms. The molecule has 1 saturated heterocycles. The number of aliphatic imine (C=N–C) groups is 1. The van der Waals surface area contributed by atoms with Gasteiger partial charge in [0.1, 0.15) is 12.1 Å². The molecule has 1 aromatic rings. The fraction of sp³-hybridized carbons (Fsp3) is 0.440. The molecule has 2 rings (SSSR count). The van der Waals surface area contributed by atoms with Gasteiger partial charge in [-0.2, -0.15) is 0 Å². The van der Waals surface area contributed by atoms with E-state index in [-0.39, 0.29) is 18.3 Å². The summed E-state index contributed by atoms with van der Waals surface area (Å²) in [7, 11) is 0. The molecule has 0 aliphatic carbocycles. The Kier molecular flexibility index (Phi) is 10.8. The highest BCUT2D eigenvalue weighted by molar-refractivity contribution is 5.94. The molecule has 1 fully saturated rings. The number of carboxylic acids is 2. The van der Waals surface area contributed by atoms with Crippen LogP contribution in [-0.2, 0) is 24.0 Å². The molecule has 13 heteroatoms. The fourth-order valence-corrected chi connectivity index (χ4v) is 4.03. The second-order valence-electron chi connectivity index (χ2n) is 9.28. The number of nitrogens with one attached hydrogen (secondary N) is 2. The first-order valence-electron chi connectivity index (χ1n) is 12.1. The van der Waals surface area contributed by atoms with Crippen molar-refractivity contribution in [2.45, 2.75) is 57.7 Å². The Labute approximate surface area is 220 Å². The third kappa shape index (κ3) is 9.22. The van der Waals surface area contributed by atoms with Crippen LogP contribution in [0.3, 0.4) is 0 Å². The van der Waals surface area contributed by atoms with Crippen LogP contribution in [0, 0.1) is 5.92 Å². The van der Waals surface area contributed by atoms with E-state index in [1.165, 1.54) is 6.08 Å². The van der Waals surface area contributed by atoms with E-state index in [2.05, 4.69) is 15.6 Å². The topological polar surface area (TPSA) is 218 Å². The predicted octanol–water partition coefficient (Wildman–Crippen LogP) is 0.171. The average Bonchev–Trinajstić information content (AvgIpc) is 3.28. The van der Waals surface area contributed by atoms with Crippen LogP contribution in [0.4, 0.5) is 5.69 Å². The minimum Gasteiger partial charge on any atom is -0.481 e. The van der Waals surface area contributed by atoms with E-state index in [4.69, 9.17) is 11.5 Å². The molecule has 0 unspecified atom stereocenters. The highest BCUT2D eigenvalue weighted by Crippen LogP contribution is 2.21. The van der Waals surface area contributed by atoms with Crippen LogP contribution in [0.5, 0.6) is 0 Å². The smallest absolute Gasteiger partial charge is 0.326 e. The second-order valence-corrected chi connectivity index (χ2v) is 9.28. The van der Waals surface area contributed by atoms with E-state index < -0.39 is 54.2 Å². The van der Waals surface area contributed by atoms with E-state index in [0.717, 1.165) is 5.56 Å². The Bertz CT molecular complexity index is 1100. The minimum absolute atomic E-state index is 0.0671. The highest BCUT2D eigenvalue weighted by Gasteiger charge is 2.33. The Hall–Kier alpha value is -4.42. The number of aliphatic carboxylic acids is 2. The summed E-state index contributed by atoms with van der Waals surface area (Å²) in [5, 5.41) is 23.1. The van der Waals surface area contributed by atoms with Crippen LogP contribution in [0.25, 0.3) is 6.08 Å². The quantitative estimate of drug-likeness (QED) is 0.123. The number of nitrogens with two attached hydrogens (primary N) is 2. The minimum atomic E-state index is -1.46. The first kappa shape index (κ1) is 29.8. The van der Waals surface area contributed by atoms with Crippen LogP contribution in [0.15, 0.2) is 35.3 Å². The van der Waals surface area contributed by atoms with E-state index in [9.17, 15) is 34.2 Å². The number of nitrogens with zero attached hydrogens (tertiary/aromatic N) is 2. The SMILES string of the molecule is CC(C)[C@H](NC(=O)[C@H](CC(=O)O)NC(=O)C[C@@H]1CCCN1C(=O)/C=C/c1ccc(N=C(N)N)cc1)C(=O)O. The van der Waals surface area contributed by atoms with Gasteiger partial charge in [0.2, 0.25) is 17.7 Å². The zero-order chi connectivity index (χ0) is 28.4. The van der Waals surface area contributed by atoms with Gasteiger partial charge in [-0.3, -0.25) is 19.2 Å². The molecule has 0 bridgehead atoms. The first-order valence-corrected chi connectivity index (χ1v) is 12.1. The molecule has 3 amide bonds. The van der Waals surface area contributed by atoms with Crippen molar-refractivity contribution in [3.8, 4) is 0 Å². The van der Waals surface area contributed by atoms with Gasteiger partial charge in [0, 0.05) is 25.1 Å². The number of carbonyl (C=O) groups is 5. The van der Waals surface area contributed by atoms with Gasteiger partial charge in [0.15, 0.2) is 5.96 Å². The van der Waals surface area contributed by atoms with E-state index in [1.54, 1.807) is 49.1 Å². The summed E-state index contributed by atoms with van der Waals surface area (Å²) in [5.74, 6) is -4.96. The average molecular weight is 531 g/mol. The van der Waals surface area contributed by atoms with Crippen molar-refractivity contribution in [3.63, 3.8) is 0 Å². The van der Waals surface area contributed by atoms with Crippen LogP contribution in [0.1, 0.15) is 45.1 Å². The number of carboxylic acid groups (broad SMARTS) is 2. The molecule has 8 N–H and O–H groups in total. The zero-order valence-electron chi connectivity index (χ0n) is 21.3. The Balaban J connectivity index is 2.02. The summed E-state index contributed by atoms with van der Waals surface area (Å²) in [5.41, 5.74) is 12.0. The largest absolute Gasteiger partial charge is 0.481 e. The van der Waals surface area contributed by atoms with Crippen LogP contribution < -0.4 is 22.1 Å². The van der Waals surface area contributed by atoms with Crippen LogP contribution in [-0.4, -0.2) is 75.4 Å². The Morgan fingerprint density at radius 3 is 2.32 bits per heavy atom. The molecular weight excluding hydrogens is 496 g/mol. The summed E-state index contributed by atoms with van der Waals surface area (Å²) in [6.45, 7) is 3.62. The van der Waals surface area contributed by atoms with Crippen molar-refractivity contribution in [1.82, 2.24) is 15.5 Å². The van der Waals surface area contributed by atoms with Gasteiger partial charge in [-0.25, -0.2) is 9.79 Å². The number of hydrogen-bond donors (Lipinski definition) is 6. The molecule has 3 atom stereocenters. The van der Waals surface area contributed by atoms with Crippen molar-refractivity contribution in [1.29, 1.82) is 0 Å². The maximum atomic E-state index is 12.8. The Morgan fingerprint density at radius 1 is 1.11 bits per heavy atom. The summed E-state index contributed by atoms with van der Waals surface area (Å²) in [6.07, 6.45) is 3.40. The summed E-state index contributed by atoms with van der Waals surface area (Å²) in [6, 6.07) is 3.71. The normalized spacial score (nSPS) is 16.6. The monoisotopic (exact) mass is 530 g/mol. The van der Waals surface area contributed by atoms with E-state index in [1.807, 2.05) is 0 Å². The molecule has 0 radical (unpaired) electrons. The fourth-order valence-electron chi connectivity index (χ4n) is 4.03. The number of likely N-dealkylation sites (tertiary alicyclic amines) is 1. The summed E-state index contributed by atoms with van der Waals surface area (Å²) in [4.78, 5) is 66.2. The molecule has 0 aromatic heterocycles. The van der Waals surface area contributed by atoms with Crippen molar-refractivity contribution >= 4 is 47.4 Å². The maximum Gasteiger partial charge on any atom is 0.326 e. The lowest BCUT2D eigenvalue weighted by Gasteiger charge is -2.25. The van der Waals surface area contributed by atoms with Crippen molar-refractivity contribution in [2.75, 3.05) is 6.54 Å². The first-order chi connectivity index (χ1) is 17.9. The summed E-state index contributed by atoms with van der Waals surface area (Å²) < 4.78 is 0. The standard InChI is InChI=1S/C25H34N6O7/c1-14(2)22(24(37)38)30-23(36)18(13-21(34)35)29-19(32)12-17-4-3-11-31(17)20(33)10-7-15-5-8-16(9-6-15)28-25(26)27/h5-10,14,17-18,22H,3-4,11-13H2,1-2H3,(H,29,32)(H,30,36)(H,34,35)(H,37,38)(H4,26,27,28)/b10-7+/t17-,18-,22-/m0/s1. The number of amides is 3. The molecule has 1 aliphatic rings. The number of hydrogen-bond acceptors (Lipinski definition) is 6. The molecule has 0 spiro atoms. The second kappa shape index (κ2) is 13.8. The van der Waals surface area contributed by atoms with Gasteiger partial charge in [0.05, 0.1) is 12.1 Å². The molecule has 1 aromatic carbocycles. The third-order valence-corrected chi connectivity index (χ3v) is 5.91. The number of guanidine groups is 1.